The molecule has 0 atom stereocenters. The number of hydrogen-bond acceptors (Lipinski definition) is 3. The predicted molar refractivity (Wildman–Crippen MR) is 86.9 cm³/mol. The molecule has 0 aromatic heterocycles. The lowest BCUT2D eigenvalue weighted by Gasteiger charge is -2.12. The molecule has 1 aromatic rings. The van der Waals surface area contributed by atoms with Crippen molar-refractivity contribution in [3.8, 4) is 0 Å². The number of nitrogens with one attached hydrogen (secondary N) is 2. The molecule has 1 aromatic carbocycles. The molecule has 21 heavy (non-hydrogen) atoms. The summed E-state index contributed by atoms with van der Waals surface area (Å²) >= 11 is 6.46. The second kappa shape index (κ2) is 9.01. The number of ether oxygens (including phenoxy) is 1. The van der Waals surface area contributed by atoms with Gasteiger partial charge in [-0.3, -0.25) is 0 Å². The van der Waals surface area contributed by atoms with E-state index in [4.69, 9.17) is 4.74 Å². The fourth-order valence-corrected chi connectivity index (χ4v) is 2.92. The Hall–Kier alpha value is -1.12. The maximum Gasteiger partial charge on any atom is 0.337 e. The summed E-state index contributed by atoms with van der Waals surface area (Å²) in [6.45, 7) is 1.14. The highest BCUT2D eigenvalue weighted by molar-refractivity contribution is 9.11. The van der Waals surface area contributed by atoms with Crippen LogP contribution in [-0.4, -0.2) is 37.4 Å². The van der Waals surface area contributed by atoms with Gasteiger partial charge in [-0.15, -0.1) is 0 Å². The largest absolute Gasteiger partial charge is 0.478 e. The number of unbranched alkanes of at least 4 members (excludes halogenated alkanes) is 1. The van der Waals surface area contributed by atoms with Crippen LogP contribution in [0.2, 0.25) is 0 Å². The summed E-state index contributed by atoms with van der Waals surface area (Å²) in [5, 5.41) is 14.4. The van der Waals surface area contributed by atoms with Crippen molar-refractivity contribution in [3.63, 3.8) is 0 Å². The van der Waals surface area contributed by atoms with E-state index in [0.717, 1.165) is 12.8 Å². The summed E-state index contributed by atoms with van der Waals surface area (Å²) in [5.74, 6) is -1.12. The van der Waals surface area contributed by atoms with Crippen molar-refractivity contribution >= 4 is 49.5 Å². The molecule has 116 valence electrons. The van der Waals surface area contributed by atoms with Crippen molar-refractivity contribution in [2.45, 2.75) is 12.8 Å². The number of hydrogen-bond donors (Lipinski definition) is 3. The van der Waals surface area contributed by atoms with Gasteiger partial charge in [-0.1, -0.05) is 15.9 Å². The van der Waals surface area contributed by atoms with E-state index in [0.29, 0.717) is 22.1 Å². The number of rotatable bonds is 7. The average Bonchev–Trinajstić information content (AvgIpc) is 2.41. The van der Waals surface area contributed by atoms with Gasteiger partial charge < -0.3 is 20.5 Å². The van der Waals surface area contributed by atoms with Crippen LogP contribution >= 0.6 is 31.9 Å². The van der Waals surface area contributed by atoms with E-state index >= 15 is 0 Å². The molecule has 2 amide bonds. The maximum absolute atomic E-state index is 11.8. The van der Waals surface area contributed by atoms with Crippen LogP contribution in [0.4, 0.5) is 10.5 Å². The fourth-order valence-electron chi connectivity index (χ4n) is 1.60. The van der Waals surface area contributed by atoms with E-state index in [-0.39, 0.29) is 11.3 Å². The van der Waals surface area contributed by atoms with Gasteiger partial charge in [0.1, 0.15) is 0 Å². The number of carboxylic acids is 1. The number of methoxy groups -OCH3 is 1. The van der Waals surface area contributed by atoms with Gasteiger partial charge in [-0.05, 0) is 40.9 Å². The second-order valence-corrected chi connectivity index (χ2v) is 5.97. The molecule has 6 nitrogen and oxygen atoms in total. The molecule has 0 aliphatic rings. The minimum atomic E-state index is -1.12. The van der Waals surface area contributed by atoms with Gasteiger partial charge >= 0.3 is 12.0 Å². The number of carbonyl (C=O) groups excluding carboxylic acids is 1. The summed E-state index contributed by atoms with van der Waals surface area (Å²) in [6, 6.07) is 2.65. The van der Waals surface area contributed by atoms with Gasteiger partial charge in [-0.25, -0.2) is 9.59 Å². The number of urea groups is 1. The average molecular weight is 424 g/mol. The first-order chi connectivity index (χ1) is 9.95. The lowest BCUT2D eigenvalue weighted by molar-refractivity contribution is 0.0698. The third-order valence-corrected chi connectivity index (χ3v) is 3.67. The molecule has 0 saturated heterocycles. The normalized spacial score (nSPS) is 10.2. The molecule has 0 aliphatic heterocycles. The molecular formula is C13H16Br2N2O4. The van der Waals surface area contributed by atoms with Crippen LogP contribution in [0.25, 0.3) is 0 Å². The Morgan fingerprint density at radius 1 is 1.29 bits per heavy atom. The van der Waals surface area contributed by atoms with E-state index < -0.39 is 12.0 Å². The topological polar surface area (TPSA) is 87.7 Å². The Morgan fingerprint density at radius 3 is 2.62 bits per heavy atom. The number of carboxylic acid groups (broad SMARTS) is 1. The summed E-state index contributed by atoms with van der Waals surface area (Å²) in [5.41, 5.74) is 0.228. The van der Waals surface area contributed by atoms with Crippen molar-refractivity contribution < 1.29 is 19.4 Å². The molecular weight excluding hydrogens is 408 g/mol. The second-order valence-electron chi connectivity index (χ2n) is 4.20. The van der Waals surface area contributed by atoms with Gasteiger partial charge in [0.2, 0.25) is 0 Å². The summed E-state index contributed by atoms with van der Waals surface area (Å²) in [4.78, 5) is 23.0. The first-order valence-electron chi connectivity index (χ1n) is 6.21. The zero-order valence-corrected chi connectivity index (χ0v) is 14.6. The lowest BCUT2D eigenvalue weighted by atomic mass is 10.2. The zero-order chi connectivity index (χ0) is 15.8. The molecule has 8 heteroatoms. The number of benzene rings is 1. The number of amides is 2. The van der Waals surface area contributed by atoms with Crippen molar-refractivity contribution in [1.82, 2.24) is 5.32 Å². The van der Waals surface area contributed by atoms with Gasteiger partial charge in [-0.2, -0.15) is 0 Å². The molecule has 0 fully saturated rings. The molecule has 0 aliphatic carbocycles. The number of anilines is 1. The first-order valence-corrected chi connectivity index (χ1v) is 7.80. The maximum atomic E-state index is 11.8. The molecule has 3 N–H and O–H groups in total. The Labute approximate surface area is 139 Å². The minimum Gasteiger partial charge on any atom is -0.478 e. The van der Waals surface area contributed by atoms with Crippen LogP contribution in [0.5, 0.6) is 0 Å². The fraction of sp³-hybridized carbons (Fsp3) is 0.385. The highest BCUT2D eigenvalue weighted by Crippen LogP contribution is 2.30. The van der Waals surface area contributed by atoms with E-state index in [1.165, 1.54) is 6.07 Å². The van der Waals surface area contributed by atoms with Gasteiger partial charge in [0.05, 0.1) is 11.3 Å². The molecule has 0 unspecified atom stereocenters. The van der Waals surface area contributed by atoms with Crippen LogP contribution in [0.3, 0.4) is 0 Å². The van der Waals surface area contributed by atoms with Crippen molar-refractivity contribution in [1.29, 1.82) is 0 Å². The van der Waals surface area contributed by atoms with Crippen LogP contribution in [0.15, 0.2) is 21.1 Å². The number of aromatic carboxylic acids is 1. The Bertz CT molecular complexity index is 523. The Kier molecular flexibility index (Phi) is 7.69. The lowest BCUT2D eigenvalue weighted by Crippen LogP contribution is -2.30. The highest BCUT2D eigenvalue weighted by Gasteiger charge is 2.16. The van der Waals surface area contributed by atoms with Crippen LogP contribution in [0, 0.1) is 0 Å². The van der Waals surface area contributed by atoms with E-state index in [1.807, 2.05) is 0 Å². The van der Waals surface area contributed by atoms with Crippen molar-refractivity contribution in [3.05, 3.63) is 26.6 Å². The summed E-state index contributed by atoms with van der Waals surface area (Å²) < 4.78 is 6.01. The Balaban J connectivity index is 2.65. The predicted octanol–water partition coefficient (Wildman–Crippen LogP) is 3.46. The van der Waals surface area contributed by atoms with Crippen LogP contribution in [-0.2, 0) is 4.74 Å². The molecule has 0 radical (unpaired) electrons. The standard InChI is InChI=1S/C13H16Br2N2O4/c1-21-5-3-2-4-16-13(20)17-11-9(12(18)19)6-8(14)7-10(11)15/h6-7H,2-5H2,1H3,(H,18,19)(H2,16,17,20). The minimum absolute atomic E-state index is 0.00535. The zero-order valence-electron chi connectivity index (χ0n) is 11.4. The summed E-state index contributed by atoms with van der Waals surface area (Å²) in [7, 11) is 1.62. The van der Waals surface area contributed by atoms with Crippen molar-refractivity contribution in [2.24, 2.45) is 0 Å². The molecule has 0 spiro atoms. The third-order valence-electron chi connectivity index (χ3n) is 2.58. The molecule has 0 saturated carbocycles. The van der Waals surface area contributed by atoms with E-state index in [1.54, 1.807) is 13.2 Å². The van der Waals surface area contributed by atoms with Crippen LogP contribution < -0.4 is 10.6 Å². The highest BCUT2D eigenvalue weighted by atomic mass is 79.9. The number of carbonyl (C=O) groups is 2. The first kappa shape index (κ1) is 17.9. The Morgan fingerprint density at radius 2 is 2.00 bits per heavy atom. The third kappa shape index (κ3) is 6.03. The van der Waals surface area contributed by atoms with Gasteiger partial charge in [0.25, 0.3) is 0 Å². The van der Waals surface area contributed by atoms with Gasteiger partial charge in [0, 0.05) is 29.2 Å². The monoisotopic (exact) mass is 422 g/mol. The van der Waals surface area contributed by atoms with Crippen molar-refractivity contribution in [2.75, 3.05) is 25.6 Å². The SMILES string of the molecule is COCCCCNC(=O)Nc1c(Br)cc(Br)cc1C(=O)O. The number of halogens is 2. The molecule has 0 bridgehead atoms. The molecule has 0 heterocycles. The molecule has 1 rings (SSSR count). The summed E-state index contributed by atoms with van der Waals surface area (Å²) in [6.07, 6.45) is 1.63. The van der Waals surface area contributed by atoms with E-state index in [9.17, 15) is 14.7 Å². The van der Waals surface area contributed by atoms with E-state index in [2.05, 4.69) is 42.5 Å². The quantitative estimate of drug-likeness (QED) is 0.586. The van der Waals surface area contributed by atoms with Gasteiger partial charge in [0.15, 0.2) is 0 Å². The smallest absolute Gasteiger partial charge is 0.337 e. The van der Waals surface area contributed by atoms with Crippen LogP contribution in [0.1, 0.15) is 23.2 Å².